The van der Waals surface area contributed by atoms with E-state index < -0.39 is 0 Å². The standard InChI is InChI=1S/C16H25Cl2N/c1-5-12(6-2)11(4)19-16(7-3)13-8-9-14(17)15(18)10-13/h8-12,16,19H,5-7H2,1-4H3. The van der Waals surface area contributed by atoms with Gasteiger partial charge in [0.05, 0.1) is 10.0 Å². The highest BCUT2D eigenvalue weighted by Gasteiger charge is 2.18. The molecule has 2 unspecified atom stereocenters. The van der Waals surface area contributed by atoms with E-state index in [2.05, 4.69) is 39.1 Å². The van der Waals surface area contributed by atoms with Crippen molar-refractivity contribution in [1.82, 2.24) is 5.32 Å². The van der Waals surface area contributed by atoms with E-state index in [9.17, 15) is 0 Å². The van der Waals surface area contributed by atoms with Gasteiger partial charge < -0.3 is 5.32 Å². The van der Waals surface area contributed by atoms with E-state index >= 15 is 0 Å². The number of benzene rings is 1. The molecule has 108 valence electrons. The zero-order valence-corrected chi connectivity index (χ0v) is 13.9. The Morgan fingerprint density at radius 1 is 1.00 bits per heavy atom. The molecule has 0 heterocycles. The summed E-state index contributed by atoms with van der Waals surface area (Å²) in [5, 5.41) is 4.98. The molecule has 0 aliphatic rings. The minimum absolute atomic E-state index is 0.338. The van der Waals surface area contributed by atoms with Crippen molar-refractivity contribution in [1.29, 1.82) is 0 Å². The van der Waals surface area contributed by atoms with Crippen molar-refractivity contribution < 1.29 is 0 Å². The van der Waals surface area contributed by atoms with Gasteiger partial charge in [-0.1, -0.05) is 62.9 Å². The third kappa shape index (κ3) is 4.66. The van der Waals surface area contributed by atoms with Crippen LogP contribution in [0.4, 0.5) is 0 Å². The molecule has 0 bridgehead atoms. The van der Waals surface area contributed by atoms with Crippen LogP contribution in [0.3, 0.4) is 0 Å². The summed E-state index contributed by atoms with van der Waals surface area (Å²) >= 11 is 12.1. The Balaban J connectivity index is 2.80. The van der Waals surface area contributed by atoms with Crippen LogP contribution >= 0.6 is 23.2 Å². The highest BCUT2D eigenvalue weighted by atomic mass is 35.5. The molecule has 19 heavy (non-hydrogen) atoms. The summed E-state index contributed by atoms with van der Waals surface area (Å²) in [6.45, 7) is 8.98. The molecule has 0 radical (unpaired) electrons. The van der Waals surface area contributed by atoms with Crippen LogP contribution in [-0.4, -0.2) is 6.04 Å². The van der Waals surface area contributed by atoms with Crippen LogP contribution in [0.2, 0.25) is 10.0 Å². The molecular weight excluding hydrogens is 277 g/mol. The zero-order valence-electron chi connectivity index (χ0n) is 12.3. The SMILES string of the molecule is CCC(NC(C)C(CC)CC)c1ccc(Cl)c(Cl)c1. The van der Waals surface area contributed by atoms with Gasteiger partial charge in [-0.05, 0) is 37.0 Å². The monoisotopic (exact) mass is 301 g/mol. The molecule has 0 amide bonds. The van der Waals surface area contributed by atoms with Gasteiger partial charge in [-0.3, -0.25) is 0 Å². The highest BCUT2D eigenvalue weighted by Crippen LogP contribution is 2.28. The van der Waals surface area contributed by atoms with Crippen molar-refractivity contribution in [2.45, 2.75) is 59.0 Å². The Hall–Kier alpha value is -0.240. The first-order chi connectivity index (χ1) is 9.03. The van der Waals surface area contributed by atoms with Gasteiger partial charge in [0.2, 0.25) is 0 Å². The van der Waals surface area contributed by atoms with Gasteiger partial charge in [-0.15, -0.1) is 0 Å². The van der Waals surface area contributed by atoms with Crippen LogP contribution in [-0.2, 0) is 0 Å². The fourth-order valence-corrected chi connectivity index (χ4v) is 2.93. The van der Waals surface area contributed by atoms with Crippen molar-refractivity contribution >= 4 is 23.2 Å². The van der Waals surface area contributed by atoms with E-state index in [1.807, 2.05) is 12.1 Å². The maximum atomic E-state index is 6.11. The van der Waals surface area contributed by atoms with Crippen LogP contribution in [0, 0.1) is 5.92 Å². The van der Waals surface area contributed by atoms with Gasteiger partial charge in [0, 0.05) is 12.1 Å². The molecule has 3 heteroatoms. The molecule has 1 aromatic carbocycles. The first-order valence-electron chi connectivity index (χ1n) is 7.24. The van der Waals surface area contributed by atoms with E-state index in [4.69, 9.17) is 23.2 Å². The smallest absolute Gasteiger partial charge is 0.0595 e. The van der Waals surface area contributed by atoms with Gasteiger partial charge in [-0.2, -0.15) is 0 Å². The van der Waals surface area contributed by atoms with Gasteiger partial charge in [0.15, 0.2) is 0 Å². The lowest BCUT2D eigenvalue weighted by atomic mass is 9.93. The van der Waals surface area contributed by atoms with Crippen LogP contribution < -0.4 is 5.32 Å². The number of hydrogen-bond acceptors (Lipinski definition) is 1. The lowest BCUT2D eigenvalue weighted by molar-refractivity contribution is 0.319. The van der Waals surface area contributed by atoms with Crippen molar-refractivity contribution in [2.75, 3.05) is 0 Å². The first-order valence-corrected chi connectivity index (χ1v) is 7.99. The third-order valence-electron chi connectivity index (χ3n) is 3.97. The number of rotatable bonds is 7. The fraction of sp³-hybridized carbons (Fsp3) is 0.625. The van der Waals surface area contributed by atoms with Gasteiger partial charge in [-0.25, -0.2) is 0 Å². The van der Waals surface area contributed by atoms with Gasteiger partial charge in [0.1, 0.15) is 0 Å². The molecule has 0 aliphatic heterocycles. The van der Waals surface area contributed by atoms with E-state index in [0.29, 0.717) is 22.1 Å². The quantitative estimate of drug-likeness (QED) is 0.665. The minimum Gasteiger partial charge on any atom is -0.307 e. The van der Waals surface area contributed by atoms with Crippen LogP contribution in [0.5, 0.6) is 0 Å². The van der Waals surface area contributed by atoms with E-state index in [1.165, 1.54) is 18.4 Å². The lowest BCUT2D eigenvalue weighted by Gasteiger charge is -2.28. The Morgan fingerprint density at radius 2 is 1.63 bits per heavy atom. The molecule has 0 aromatic heterocycles. The summed E-state index contributed by atoms with van der Waals surface area (Å²) in [6.07, 6.45) is 3.47. The summed E-state index contributed by atoms with van der Waals surface area (Å²) in [5.41, 5.74) is 1.22. The average Bonchev–Trinajstić information content (AvgIpc) is 2.40. The van der Waals surface area contributed by atoms with Gasteiger partial charge >= 0.3 is 0 Å². The topological polar surface area (TPSA) is 12.0 Å². The van der Waals surface area contributed by atoms with Crippen molar-refractivity contribution in [3.05, 3.63) is 33.8 Å². The molecule has 0 spiro atoms. The summed E-state index contributed by atoms with van der Waals surface area (Å²) in [7, 11) is 0. The fourth-order valence-electron chi connectivity index (χ4n) is 2.63. The summed E-state index contributed by atoms with van der Waals surface area (Å²) in [6, 6.07) is 6.77. The van der Waals surface area contributed by atoms with Gasteiger partial charge in [0.25, 0.3) is 0 Å². The van der Waals surface area contributed by atoms with Crippen molar-refractivity contribution in [3.8, 4) is 0 Å². The van der Waals surface area contributed by atoms with Crippen molar-refractivity contribution in [2.24, 2.45) is 5.92 Å². The van der Waals surface area contributed by atoms with Crippen molar-refractivity contribution in [3.63, 3.8) is 0 Å². The average molecular weight is 302 g/mol. The Labute approximate surface area is 127 Å². The number of hydrogen-bond donors (Lipinski definition) is 1. The van der Waals surface area contributed by atoms with Crippen LogP contribution in [0.25, 0.3) is 0 Å². The maximum Gasteiger partial charge on any atom is 0.0595 e. The van der Waals surface area contributed by atoms with Crippen LogP contribution in [0.15, 0.2) is 18.2 Å². The molecule has 0 aliphatic carbocycles. The molecule has 1 nitrogen and oxygen atoms in total. The van der Waals surface area contributed by atoms with E-state index in [0.717, 1.165) is 12.3 Å². The first kappa shape index (κ1) is 16.8. The predicted octanol–water partition coefficient (Wildman–Crippen LogP) is 5.86. The summed E-state index contributed by atoms with van der Waals surface area (Å²) in [5.74, 6) is 0.719. The summed E-state index contributed by atoms with van der Waals surface area (Å²) in [4.78, 5) is 0. The molecule has 0 saturated heterocycles. The van der Waals surface area contributed by atoms with E-state index in [-0.39, 0.29) is 0 Å². The largest absolute Gasteiger partial charge is 0.307 e. The molecule has 1 aromatic rings. The summed E-state index contributed by atoms with van der Waals surface area (Å²) < 4.78 is 0. The second-order valence-electron chi connectivity index (χ2n) is 5.17. The minimum atomic E-state index is 0.338. The second-order valence-corrected chi connectivity index (χ2v) is 5.98. The molecule has 1 rings (SSSR count). The van der Waals surface area contributed by atoms with E-state index in [1.54, 1.807) is 0 Å². The Morgan fingerprint density at radius 3 is 2.11 bits per heavy atom. The second kappa shape index (κ2) is 8.14. The number of nitrogens with one attached hydrogen (secondary N) is 1. The predicted molar refractivity (Wildman–Crippen MR) is 86.2 cm³/mol. The molecule has 1 N–H and O–H groups in total. The number of halogens is 2. The molecule has 0 saturated carbocycles. The zero-order chi connectivity index (χ0) is 14.4. The lowest BCUT2D eigenvalue weighted by Crippen LogP contribution is -2.35. The Bertz CT molecular complexity index is 388. The van der Waals surface area contributed by atoms with Crippen LogP contribution in [0.1, 0.15) is 58.6 Å². The highest BCUT2D eigenvalue weighted by molar-refractivity contribution is 6.42. The Kier molecular flexibility index (Phi) is 7.20. The normalized spacial score (nSPS) is 14.7. The maximum absolute atomic E-state index is 6.11. The third-order valence-corrected chi connectivity index (χ3v) is 4.71. The molecular formula is C16H25Cl2N. The molecule has 2 atom stereocenters. The molecule has 0 fully saturated rings.